The second-order valence-electron chi connectivity index (χ2n) is 3.91. The van der Waals surface area contributed by atoms with Gasteiger partial charge >= 0.3 is 0 Å². The lowest BCUT2D eigenvalue weighted by Gasteiger charge is -2.07. The van der Waals surface area contributed by atoms with E-state index in [1.54, 1.807) is 11.3 Å². The summed E-state index contributed by atoms with van der Waals surface area (Å²) < 4.78 is 0. The third-order valence-electron chi connectivity index (χ3n) is 2.62. The zero-order valence-corrected chi connectivity index (χ0v) is 11.4. The van der Waals surface area contributed by atoms with Crippen molar-refractivity contribution in [1.82, 2.24) is 9.97 Å². The fourth-order valence-corrected chi connectivity index (χ4v) is 2.68. The Morgan fingerprint density at radius 2 is 2.06 bits per heavy atom. The lowest BCUT2D eigenvalue weighted by molar-refractivity contribution is 0.868. The zero-order chi connectivity index (χ0) is 12.1. The van der Waals surface area contributed by atoms with Crippen LogP contribution in [0.15, 0.2) is 23.8 Å². The summed E-state index contributed by atoms with van der Waals surface area (Å²) in [5, 5.41) is 4.01. The molecule has 0 amide bonds. The van der Waals surface area contributed by atoms with E-state index in [2.05, 4.69) is 16.9 Å². The van der Waals surface area contributed by atoms with Crippen molar-refractivity contribution in [2.75, 3.05) is 0 Å². The minimum atomic E-state index is 0.839. The van der Waals surface area contributed by atoms with Crippen molar-refractivity contribution in [2.24, 2.45) is 0 Å². The van der Waals surface area contributed by atoms with Gasteiger partial charge in [0, 0.05) is 24.2 Å². The van der Waals surface area contributed by atoms with Gasteiger partial charge in [0.15, 0.2) is 0 Å². The summed E-state index contributed by atoms with van der Waals surface area (Å²) in [5.41, 5.74) is 2.20. The van der Waals surface area contributed by atoms with Crippen LogP contribution in [-0.2, 0) is 19.3 Å². The van der Waals surface area contributed by atoms with Gasteiger partial charge in [-0.05, 0) is 24.5 Å². The quantitative estimate of drug-likeness (QED) is 0.820. The van der Waals surface area contributed by atoms with Crippen molar-refractivity contribution in [2.45, 2.75) is 32.6 Å². The van der Waals surface area contributed by atoms with E-state index in [9.17, 15) is 0 Å². The molecule has 0 radical (unpaired) electrons. The van der Waals surface area contributed by atoms with Gasteiger partial charge in [-0.3, -0.25) is 4.98 Å². The summed E-state index contributed by atoms with van der Waals surface area (Å²) in [7, 11) is 0. The summed E-state index contributed by atoms with van der Waals surface area (Å²) in [6.07, 6.45) is 7.61. The van der Waals surface area contributed by atoms with Gasteiger partial charge in [-0.25, -0.2) is 4.98 Å². The molecule has 0 spiro atoms. The molecule has 0 aliphatic carbocycles. The third-order valence-corrected chi connectivity index (χ3v) is 3.92. The SMILES string of the molecule is CCCc1nccc(CCc2nccs2)c1Cl. The first kappa shape index (κ1) is 12.5. The van der Waals surface area contributed by atoms with Crippen LogP contribution < -0.4 is 0 Å². The largest absolute Gasteiger partial charge is 0.260 e. The van der Waals surface area contributed by atoms with Crippen LogP contribution >= 0.6 is 22.9 Å². The fourth-order valence-electron chi connectivity index (χ4n) is 1.75. The molecule has 90 valence electrons. The van der Waals surface area contributed by atoms with Gasteiger partial charge in [0.05, 0.1) is 15.7 Å². The average molecular weight is 267 g/mol. The van der Waals surface area contributed by atoms with Crippen LogP contribution in [0.3, 0.4) is 0 Å². The minimum Gasteiger partial charge on any atom is -0.260 e. The predicted octanol–water partition coefficient (Wildman–Crippen LogP) is 3.93. The molecule has 0 aliphatic heterocycles. The maximum atomic E-state index is 6.35. The molecule has 0 N–H and O–H groups in total. The molecule has 0 saturated heterocycles. The second-order valence-corrected chi connectivity index (χ2v) is 5.26. The molecule has 0 bridgehead atoms. The van der Waals surface area contributed by atoms with Gasteiger partial charge < -0.3 is 0 Å². The Morgan fingerprint density at radius 1 is 1.18 bits per heavy atom. The first-order chi connectivity index (χ1) is 8.31. The number of aromatic nitrogens is 2. The molecule has 0 saturated carbocycles. The molecule has 2 aromatic rings. The maximum absolute atomic E-state index is 6.35. The molecule has 2 aromatic heterocycles. The Balaban J connectivity index is 2.07. The number of pyridine rings is 1. The number of nitrogens with zero attached hydrogens (tertiary/aromatic N) is 2. The number of aryl methyl sites for hydroxylation is 3. The van der Waals surface area contributed by atoms with Crippen molar-refractivity contribution in [3.63, 3.8) is 0 Å². The summed E-state index contributed by atoms with van der Waals surface area (Å²) in [6, 6.07) is 2.01. The summed E-state index contributed by atoms with van der Waals surface area (Å²) in [5.74, 6) is 0. The number of halogens is 1. The van der Waals surface area contributed by atoms with Crippen LogP contribution in [0.1, 0.15) is 29.6 Å². The monoisotopic (exact) mass is 266 g/mol. The Hall–Kier alpha value is -0.930. The van der Waals surface area contributed by atoms with Gasteiger partial charge in [-0.1, -0.05) is 24.9 Å². The van der Waals surface area contributed by atoms with Gasteiger partial charge in [0.2, 0.25) is 0 Å². The zero-order valence-electron chi connectivity index (χ0n) is 9.82. The summed E-state index contributed by atoms with van der Waals surface area (Å²) >= 11 is 8.04. The van der Waals surface area contributed by atoms with Crippen molar-refractivity contribution in [3.05, 3.63) is 45.1 Å². The molecule has 2 rings (SSSR count). The first-order valence-electron chi connectivity index (χ1n) is 5.82. The van der Waals surface area contributed by atoms with Crippen LogP contribution in [0.2, 0.25) is 5.02 Å². The molecule has 2 nitrogen and oxygen atoms in total. The fraction of sp³-hybridized carbons (Fsp3) is 0.385. The van der Waals surface area contributed by atoms with E-state index in [-0.39, 0.29) is 0 Å². The van der Waals surface area contributed by atoms with E-state index in [1.165, 1.54) is 5.56 Å². The minimum absolute atomic E-state index is 0.839. The molecule has 17 heavy (non-hydrogen) atoms. The first-order valence-corrected chi connectivity index (χ1v) is 7.07. The molecule has 0 aliphatic rings. The molecular formula is C13H15ClN2S. The van der Waals surface area contributed by atoms with Crippen LogP contribution in [0.4, 0.5) is 0 Å². The lowest BCUT2D eigenvalue weighted by atomic mass is 10.1. The van der Waals surface area contributed by atoms with Crippen molar-refractivity contribution in [1.29, 1.82) is 0 Å². The summed E-state index contributed by atoms with van der Waals surface area (Å²) in [6.45, 7) is 2.14. The van der Waals surface area contributed by atoms with Gasteiger partial charge in [-0.15, -0.1) is 11.3 Å². The molecule has 0 atom stereocenters. The number of hydrogen-bond acceptors (Lipinski definition) is 3. The Labute approximate surface area is 111 Å². The van der Waals surface area contributed by atoms with Crippen LogP contribution in [0.5, 0.6) is 0 Å². The van der Waals surface area contributed by atoms with E-state index in [4.69, 9.17) is 11.6 Å². The maximum Gasteiger partial charge on any atom is 0.0928 e. The topological polar surface area (TPSA) is 25.8 Å². The Kier molecular flexibility index (Phi) is 4.51. The normalized spacial score (nSPS) is 10.7. The van der Waals surface area contributed by atoms with E-state index in [0.717, 1.165) is 41.4 Å². The van der Waals surface area contributed by atoms with Crippen LogP contribution in [0, 0.1) is 0 Å². The highest BCUT2D eigenvalue weighted by Gasteiger charge is 2.07. The standard InChI is InChI=1S/C13H15ClN2S/c1-2-3-11-13(14)10(6-7-15-11)4-5-12-16-8-9-17-12/h6-9H,2-5H2,1H3. The van der Waals surface area contributed by atoms with Gasteiger partial charge in [0.25, 0.3) is 0 Å². The Bertz CT molecular complexity index is 468. The van der Waals surface area contributed by atoms with Crippen LogP contribution in [0.25, 0.3) is 0 Å². The number of rotatable bonds is 5. The molecule has 2 heterocycles. The van der Waals surface area contributed by atoms with Crippen molar-refractivity contribution in [3.8, 4) is 0 Å². The summed E-state index contributed by atoms with van der Waals surface area (Å²) in [4.78, 5) is 8.61. The highest BCUT2D eigenvalue weighted by Crippen LogP contribution is 2.22. The van der Waals surface area contributed by atoms with Crippen molar-refractivity contribution < 1.29 is 0 Å². The highest BCUT2D eigenvalue weighted by molar-refractivity contribution is 7.09. The molecule has 4 heteroatoms. The van der Waals surface area contributed by atoms with E-state index in [0.29, 0.717) is 0 Å². The van der Waals surface area contributed by atoms with Gasteiger partial charge in [-0.2, -0.15) is 0 Å². The van der Waals surface area contributed by atoms with E-state index >= 15 is 0 Å². The average Bonchev–Trinajstić information content (AvgIpc) is 2.83. The Morgan fingerprint density at radius 3 is 2.76 bits per heavy atom. The lowest BCUT2D eigenvalue weighted by Crippen LogP contribution is -1.97. The van der Waals surface area contributed by atoms with Crippen molar-refractivity contribution >= 4 is 22.9 Å². The predicted molar refractivity (Wildman–Crippen MR) is 72.8 cm³/mol. The number of hydrogen-bond donors (Lipinski definition) is 0. The second kappa shape index (κ2) is 6.12. The van der Waals surface area contributed by atoms with Gasteiger partial charge in [0.1, 0.15) is 0 Å². The van der Waals surface area contributed by atoms with E-state index in [1.807, 2.05) is 23.8 Å². The molecule has 0 unspecified atom stereocenters. The third kappa shape index (κ3) is 3.27. The van der Waals surface area contributed by atoms with Crippen LogP contribution in [-0.4, -0.2) is 9.97 Å². The smallest absolute Gasteiger partial charge is 0.0928 e. The molecule has 0 aromatic carbocycles. The van der Waals surface area contributed by atoms with E-state index < -0.39 is 0 Å². The highest BCUT2D eigenvalue weighted by atomic mass is 35.5. The molecule has 0 fully saturated rings. The number of thiazole rings is 1. The molecular weight excluding hydrogens is 252 g/mol.